The molecule has 0 bridgehead atoms. The maximum atomic E-state index is 13.5. The molecule has 98 valence electrons. The monoisotopic (exact) mass is 257 g/mol. The lowest BCUT2D eigenvalue weighted by molar-refractivity contribution is 0.0784. The average Bonchev–Trinajstić information content (AvgIpc) is 2.40. The van der Waals surface area contributed by atoms with Gasteiger partial charge in [0.1, 0.15) is 5.82 Å². The molecule has 3 heteroatoms. The van der Waals surface area contributed by atoms with E-state index in [0.717, 1.165) is 5.56 Å². The fourth-order valence-corrected chi connectivity index (χ4v) is 1.95. The van der Waals surface area contributed by atoms with Crippen LogP contribution < -0.4 is 0 Å². The molecule has 0 heterocycles. The van der Waals surface area contributed by atoms with Crippen molar-refractivity contribution in [1.29, 1.82) is 0 Å². The van der Waals surface area contributed by atoms with Crippen molar-refractivity contribution in [2.45, 2.75) is 13.5 Å². The number of carbonyl (C=O) groups excluding carboxylic acids is 1. The quantitative estimate of drug-likeness (QED) is 0.825. The predicted octanol–water partition coefficient (Wildman–Crippen LogP) is 3.41. The molecular weight excluding hydrogens is 241 g/mol. The Bertz CT molecular complexity index is 595. The molecule has 0 aromatic heterocycles. The van der Waals surface area contributed by atoms with Crippen LogP contribution in [0.25, 0.3) is 0 Å². The van der Waals surface area contributed by atoms with E-state index >= 15 is 0 Å². The van der Waals surface area contributed by atoms with Gasteiger partial charge in [0.2, 0.25) is 0 Å². The van der Waals surface area contributed by atoms with Gasteiger partial charge in [0, 0.05) is 24.7 Å². The first-order valence-electron chi connectivity index (χ1n) is 6.13. The SMILES string of the molecule is Cc1cccc(C(=O)N(C)Cc2ccccc2F)c1. The first-order valence-corrected chi connectivity index (χ1v) is 6.13. The van der Waals surface area contributed by atoms with Crippen molar-refractivity contribution in [3.63, 3.8) is 0 Å². The Labute approximate surface area is 112 Å². The highest BCUT2D eigenvalue weighted by molar-refractivity contribution is 5.94. The summed E-state index contributed by atoms with van der Waals surface area (Å²) in [5.41, 5.74) is 2.18. The van der Waals surface area contributed by atoms with Crippen molar-refractivity contribution in [3.05, 3.63) is 71.0 Å². The third-order valence-corrected chi connectivity index (χ3v) is 2.98. The van der Waals surface area contributed by atoms with Gasteiger partial charge in [0.15, 0.2) is 0 Å². The van der Waals surface area contributed by atoms with E-state index in [2.05, 4.69) is 0 Å². The molecule has 2 nitrogen and oxygen atoms in total. The molecule has 0 radical (unpaired) electrons. The molecule has 2 rings (SSSR count). The van der Waals surface area contributed by atoms with Gasteiger partial charge >= 0.3 is 0 Å². The van der Waals surface area contributed by atoms with Crippen molar-refractivity contribution in [2.24, 2.45) is 0 Å². The Morgan fingerprint density at radius 3 is 2.58 bits per heavy atom. The molecule has 0 aliphatic heterocycles. The van der Waals surface area contributed by atoms with Gasteiger partial charge in [0.05, 0.1) is 0 Å². The van der Waals surface area contributed by atoms with Gasteiger partial charge in [0.25, 0.3) is 5.91 Å². The smallest absolute Gasteiger partial charge is 0.253 e. The van der Waals surface area contributed by atoms with E-state index in [4.69, 9.17) is 0 Å². The lowest BCUT2D eigenvalue weighted by atomic mass is 10.1. The molecule has 0 saturated carbocycles. The molecule has 0 fully saturated rings. The van der Waals surface area contributed by atoms with Gasteiger partial charge < -0.3 is 4.90 Å². The Balaban J connectivity index is 2.14. The molecule has 0 unspecified atom stereocenters. The normalized spacial score (nSPS) is 10.3. The summed E-state index contributed by atoms with van der Waals surface area (Å²) < 4.78 is 13.5. The maximum absolute atomic E-state index is 13.5. The second-order valence-electron chi connectivity index (χ2n) is 4.62. The van der Waals surface area contributed by atoms with Crippen LogP contribution >= 0.6 is 0 Å². The standard InChI is InChI=1S/C16H16FNO/c1-12-6-5-8-13(10-12)16(19)18(2)11-14-7-3-4-9-15(14)17/h3-10H,11H2,1-2H3. The van der Waals surface area contributed by atoms with Gasteiger partial charge in [-0.25, -0.2) is 4.39 Å². The number of aryl methyl sites for hydroxylation is 1. The molecule has 0 saturated heterocycles. The van der Waals surface area contributed by atoms with E-state index < -0.39 is 0 Å². The highest BCUT2D eigenvalue weighted by atomic mass is 19.1. The number of amides is 1. The number of rotatable bonds is 3. The Kier molecular flexibility index (Phi) is 3.95. The molecule has 0 spiro atoms. The highest BCUT2D eigenvalue weighted by Crippen LogP contribution is 2.12. The van der Waals surface area contributed by atoms with Crippen LogP contribution in [0.1, 0.15) is 21.5 Å². The summed E-state index contributed by atoms with van der Waals surface area (Å²) in [6.07, 6.45) is 0. The topological polar surface area (TPSA) is 20.3 Å². The lowest BCUT2D eigenvalue weighted by Crippen LogP contribution is -2.26. The number of nitrogens with zero attached hydrogens (tertiary/aromatic N) is 1. The van der Waals surface area contributed by atoms with E-state index in [1.54, 1.807) is 31.3 Å². The summed E-state index contributed by atoms with van der Waals surface area (Å²) >= 11 is 0. The Hall–Kier alpha value is -2.16. The Morgan fingerprint density at radius 2 is 1.89 bits per heavy atom. The minimum Gasteiger partial charge on any atom is -0.337 e. The lowest BCUT2D eigenvalue weighted by Gasteiger charge is -2.18. The summed E-state index contributed by atoms with van der Waals surface area (Å²) in [5.74, 6) is -0.390. The van der Waals surface area contributed by atoms with Crippen molar-refractivity contribution in [2.75, 3.05) is 7.05 Å². The molecule has 1 amide bonds. The van der Waals surface area contributed by atoms with E-state index in [9.17, 15) is 9.18 Å². The second-order valence-corrected chi connectivity index (χ2v) is 4.62. The van der Waals surface area contributed by atoms with Crippen LogP contribution in [0.2, 0.25) is 0 Å². The maximum Gasteiger partial charge on any atom is 0.253 e. The highest BCUT2D eigenvalue weighted by Gasteiger charge is 2.13. The van der Waals surface area contributed by atoms with Gasteiger partial charge in [-0.15, -0.1) is 0 Å². The summed E-state index contributed by atoms with van der Waals surface area (Å²) in [6.45, 7) is 2.20. The van der Waals surface area contributed by atoms with E-state index in [1.165, 1.54) is 11.0 Å². The fraction of sp³-hybridized carbons (Fsp3) is 0.188. The Morgan fingerprint density at radius 1 is 1.16 bits per heavy atom. The van der Waals surface area contributed by atoms with Gasteiger partial charge in [-0.1, -0.05) is 35.9 Å². The van der Waals surface area contributed by atoms with E-state index in [1.807, 2.05) is 25.1 Å². The molecule has 0 aliphatic carbocycles. The van der Waals surface area contributed by atoms with Gasteiger partial charge in [-0.2, -0.15) is 0 Å². The molecule has 2 aromatic carbocycles. The average molecular weight is 257 g/mol. The zero-order valence-corrected chi connectivity index (χ0v) is 11.1. The summed E-state index contributed by atoms with van der Waals surface area (Å²) in [6, 6.07) is 13.9. The minimum atomic E-state index is -0.286. The van der Waals surface area contributed by atoms with Crippen LogP contribution in [0.15, 0.2) is 48.5 Å². The molecule has 2 aromatic rings. The minimum absolute atomic E-state index is 0.105. The van der Waals surface area contributed by atoms with Crippen molar-refractivity contribution >= 4 is 5.91 Å². The number of benzene rings is 2. The van der Waals surface area contributed by atoms with Crippen LogP contribution in [0.3, 0.4) is 0 Å². The number of hydrogen-bond acceptors (Lipinski definition) is 1. The van der Waals surface area contributed by atoms with Crippen molar-refractivity contribution in [3.8, 4) is 0 Å². The van der Waals surface area contributed by atoms with Crippen LogP contribution in [0.5, 0.6) is 0 Å². The van der Waals surface area contributed by atoms with Crippen molar-refractivity contribution < 1.29 is 9.18 Å². The molecule has 0 atom stereocenters. The molecular formula is C16H16FNO. The molecule has 19 heavy (non-hydrogen) atoms. The third-order valence-electron chi connectivity index (χ3n) is 2.98. The summed E-state index contributed by atoms with van der Waals surface area (Å²) in [7, 11) is 1.68. The second kappa shape index (κ2) is 5.65. The fourth-order valence-electron chi connectivity index (χ4n) is 1.95. The summed E-state index contributed by atoms with van der Waals surface area (Å²) in [5, 5.41) is 0. The summed E-state index contributed by atoms with van der Waals surface area (Å²) in [4.78, 5) is 13.7. The van der Waals surface area contributed by atoms with Gasteiger partial charge in [-0.05, 0) is 25.1 Å². The van der Waals surface area contributed by atoms with Crippen LogP contribution in [0.4, 0.5) is 4.39 Å². The zero-order valence-electron chi connectivity index (χ0n) is 11.1. The number of hydrogen-bond donors (Lipinski definition) is 0. The third kappa shape index (κ3) is 3.19. The van der Waals surface area contributed by atoms with Crippen LogP contribution in [0, 0.1) is 12.7 Å². The first-order chi connectivity index (χ1) is 9.08. The van der Waals surface area contributed by atoms with E-state index in [0.29, 0.717) is 11.1 Å². The number of halogens is 1. The molecule has 0 aliphatic rings. The van der Waals surface area contributed by atoms with Gasteiger partial charge in [-0.3, -0.25) is 4.79 Å². The van der Waals surface area contributed by atoms with Crippen molar-refractivity contribution in [1.82, 2.24) is 4.90 Å². The number of carbonyl (C=O) groups is 1. The van der Waals surface area contributed by atoms with E-state index in [-0.39, 0.29) is 18.3 Å². The first kappa shape index (κ1) is 13.3. The molecule has 0 N–H and O–H groups in total. The largest absolute Gasteiger partial charge is 0.337 e. The predicted molar refractivity (Wildman–Crippen MR) is 73.4 cm³/mol. The van der Waals surface area contributed by atoms with Crippen LogP contribution in [-0.2, 0) is 6.54 Å². The zero-order chi connectivity index (χ0) is 13.8. The van der Waals surface area contributed by atoms with Crippen LogP contribution in [-0.4, -0.2) is 17.9 Å².